The van der Waals surface area contributed by atoms with Crippen LogP contribution < -0.4 is 10.1 Å². The SMILES string of the molecule is CNc1nc(OCC(F)(F)F)c2cc(C)sc2n1. The predicted molar refractivity (Wildman–Crippen MR) is 63.2 cm³/mol. The van der Waals surface area contributed by atoms with Crippen LogP contribution in [-0.4, -0.2) is 29.8 Å². The highest BCUT2D eigenvalue weighted by atomic mass is 32.1. The van der Waals surface area contributed by atoms with E-state index in [2.05, 4.69) is 15.3 Å². The van der Waals surface area contributed by atoms with Gasteiger partial charge in [-0.3, -0.25) is 0 Å². The summed E-state index contributed by atoms with van der Waals surface area (Å²) in [6.07, 6.45) is -4.39. The number of nitrogens with one attached hydrogen (secondary N) is 1. The first-order valence-corrected chi connectivity index (χ1v) is 5.86. The lowest BCUT2D eigenvalue weighted by molar-refractivity contribution is -0.153. The third kappa shape index (κ3) is 2.81. The monoisotopic (exact) mass is 277 g/mol. The Morgan fingerprint density at radius 3 is 2.72 bits per heavy atom. The Balaban J connectivity index is 2.40. The standard InChI is InChI=1S/C10H10F3N3OS/c1-5-3-6-7(17-4-10(11,12)13)15-9(14-2)16-8(6)18-5/h3H,4H2,1-2H3,(H,14,15,16). The zero-order chi connectivity index (χ0) is 13.3. The van der Waals surface area contributed by atoms with Gasteiger partial charge in [-0.15, -0.1) is 11.3 Å². The number of nitrogens with zero attached hydrogens (tertiary/aromatic N) is 2. The van der Waals surface area contributed by atoms with E-state index in [0.29, 0.717) is 10.2 Å². The number of ether oxygens (including phenoxy) is 1. The first-order chi connectivity index (χ1) is 8.39. The fourth-order valence-electron chi connectivity index (χ4n) is 1.39. The van der Waals surface area contributed by atoms with Crippen molar-refractivity contribution in [2.75, 3.05) is 19.0 Å². The second-order valence-electron chi connectivity index (χ2n) is 3.58. The molecule has 0 radical (unpaired) electrons. The summed E-state index contributed by atoms with van der Waals surface area (Å²) in [5, 5.41) is 3.19. The number of thiophene rings is 1. The number of halogens is 3. The summed E-state index contributed by atoms with van der Waals surface area (Å²) in [5.74, 6) is 0.188. The van der Waals surface area contributed by atoms with Gasteiger partial charge in [0.1, 0.15) is 4.83 Å². The van der Waals surface area contributed by atoms with Crippen LogP contribution in [-0.2, 0) is 0 Å². The zero-order valence-electron chi connectivity index (χ0n) is 9.63. The molecule has 0 unspecified atom stereocenters. The number of aryl methyl sites for hydroxylation is 1. The van der Waals surface area contributed by atoms with E-state index < -0.39 is 12.8 Å². The van der Waals surface area contributed by atoms with Crippen molar-refractivity contribution in [3.63, 3.8) is 0 Å². The lowest BCUT2D eigenvalue weighted by atomic mass is 10.3. The Hall–Kier alpha value is -1.57. The maximum atomic E-state index is 12.1. The molecule has 4 nitrogen and oxygen atoms in total. The lowest BCUT2D eigenvalue weighted by Gasteiger charge is -2.09. The summed E-state index contributed by atoms with van der Waals surface area (Å²) in [4.78, 5) is 9.59. The molecule has 2 rings (SSSR count). The predicted octanol–water partition coefficient (Wildman–Crippen LogP) is 2.98. The van der Waals surface area contributed by atoms with Crippen molar-refractivity contribution in [3.8, 4) is 5.88 Å². The average molecular weight is 277 g/mol. The van der Waals surface area contributed by atoms with Gasteiger partial charge in [0, 0.05) is 11.9 Å². The first kappa shape index (κ1) is 12.9. The van der Waals surface area contributed by atoms with E-state index in [0.717, 1.165) is 4.88 Å². The topological polar surface area (TPSA) is 47.0 Å². The molecule has 0 aliphatic heterocycles. The van der Waals surface area contributed by atoms with Crippen LogP contribution in [0.2, 0.25) is 0 Å². The fourth-order valence-corrected chi connectivity index (χ4v) is 2.26. The lowest BCUT2D eigenvalue weighted by Crippen LogP contribution is -2.20. The highest BCUT2D eigenvalue weighted by molar-refractivity contribution is 7.18. The van der Waals surface area contributed by atoms with Gasteiger partial charge in [0.15, 0.2) is 6.61 Å². The van der Waals surface area contributed by atoms with Crippen LogP contribution in [0.5, 0.6) is 5.88 Å². The van der Waals surface area contributed by atoms with Crippen molar-refractivity contribution in [2.24, 2.45) is 0 Å². The van der Waals surface area contributed by atoms with Crippen LogP contribution in [0.4, 0.5) is 19.1 Å². The molecule has 8 heteroatoms. The van der Waals surface area contributed by atoms with Crippen molar-refractivity contribution in [1.82, 2.24) is 9.97 Å². The normalized spacial score (nSPS) is 11.8. The van der Waals surface area contributed by atoms with Gasteiger partial charge >= 0.3 is 6.18 Å². The van der Waals surface area contributed by atoms with E-state index in [1.807, 2.05) is 6.92 Å². The van der Waals surface area contributed by atoms with E-state index in [9.17, 15) is 13.2 Å². The molecule has 1 N–H and O–H groups in total. The number of rotatable bonds is 3. The molecule has 0 atom stereocenters. The van der Waals surface area contributed by atoms with E-state index in [-0.39, 0.29) is 11.8 Å². The number of anilines is 1. The second kappa shape index (κ2) is 4.60. The highest BCUT2D eigenvalue weighted by Crippen LogP contribution is 2.31. The minimum atomic E-state index is -4.39. The quantitative estimate of drug-likeness (QED) is 0.937. The van der Waals surface area contributed by atoms with Crippen LogP contribution in [0, 0.1) is 6.92 Å². The smallest absolute Gasteiger partial charge is 0.422 e. The van der Waals surface area contributed by atoms with Gasteiger partial charge in [-0.1, -0.05) is 0 Å². The summed E-state index contributed by atoms with van der Waals surface area (Å²) in [6, 6.07) is 1.71. The van der Waals surface area contributed by atoms with Crippen molar-refractivity contribution in [3.05, 3.63) is 10.9 Å². The molecular formula is C10H10F3N3OS. The molecule has 0 saturated carbocycles. The van der Waals surface area contributed by atoms with Crippen LogP contribution in [0.25, 0.3) is 10.2 Å². The van der Waals surface area contributed by atoms with E-state index in [1.54, 1.807) is 13.1 Å². The number of fused-ring (bicyclic) bond motifs is 1. The maximum absolute atomic E-state index is 12.1. The molecule has 0 amide bonds. The zero-order valence-corrected chi connectivity index (χ0v) is 10.4. The Morgan fingerprint density at radius 1 is 1.39 bits per heavy atom. The third-order valence-electron chi connectivity index (χ3n) is 2.08. The van der Waals surface area contributed by atoms with Gasteiger partial charge in [0.2, 0.25) is 11.8 Å². The molecular weight excluding hydrogens is 267 g/mol. The van der Waals surface area contributed by atoms with E-state index in [4.69, 9.17) is 4.74 Å². The van der Waals surface area contributed by atoms with Crippen LogP contribution in [0.1, 0.15) is 4.88 Å². The summed E-state index contributed by atoms with van der Waals surface area (Å²) < 4.78 is 41.2. The molecule has 0 spiro atoms. The Bertz CT molecular complexity index is 567. The molecule has 98 valence electrons. The number of hydrogen-bond acceptors (Lipinski definition) is 5. The first-order valence-electron chi connectivity index (χ1n) is 5.04. The third-order valence-corrected chi connectivity index (χ3v) is 3.02. The Kier molecular flexibility index (Phi) is 3.29. The summed E-state index contributed by atoms with van der Waals surface area (Å²) in [6.45, 7) is 0.482. The van der Waals surface area contributed by atoms with Gasteiger partial charge in [0.25, 0.3) is 0 Å². The maximum Gasteiger partial charge on any atom is 0.422 e. The number of aromatic nitrogens is 2. The van der Waals surface area contributed by atoms with E-state index in [1.165, 1.54) is 11.3 Å². The molecule has 18 heavy (non-hydrogen) atoms. The van der Waals surface area contributed by atoms with Crippen LogP contribution in [0.15, 0.2) is 6.07 Å². The van der Waals surface area contributed by atoms with Crippen molar-refractivity contribution in [1.29, 1.82) is 0 Å². The molecule has 0 bridgehead atoms. The van der Waals surface area contributed by atoms with Gasteiger partial charge in [-0.25, -0.2) is 4.98 Å². The van der Waals surface area contributed by atoms with E-state index >= 15 is 0 Å². The molecule has 0 aliphatic rings. The summed E-state index contributed by atoms with van der Waals surface area (Å²) in [7, 11) is 1.59. The molecule has 2 aromatic heterocycles. The molecule has 0 fully saturated rings. The molecule has 2 heterocycles. The Labute approximate surface area is 105 Å². The van der Waals surface area contributed by atoms with Gasteiger partial charge < -0.3 is 10.1 Å². The molecule has 2 aromatic rings. The molecule has 0 aliphatic carbocycles. The fraction of sp³-hybridized carbons (Fsp3) is 0.400. The molecule has 0 saturated heterocycles. The summed E-state index contributed by atoms with van der Waals surface area (Å²) >= 11 is 1.38. The van der Waals surface area contributed by atoms with Gasteiger partial charge in [-0.05, 0) is 13.0 Å². The van der Waals surface area contributed by atoms with Gasteiger partial charge in [-0.2, -0.15) is 18.2 Å². The van der Waals surface area contributed by atoms with Crippen molar-refractivity contribution >= 4 is 27.5 Å². The minimum absolute atomic E-state index is 0.0500. The Morgan fingerprint density at radius 2 is 2.11 bits per heavy atom. The highest BCUT2D eigenvalue weighted by Gasteiger charge is 2.29. The second-order valence-corrected chi connectivity index (χ2v) is 4.82. The minimum Gasteiger partial charge on any atom is -0.467 e. The largest absolute Gasteiger partial charge is 0.467 e. The van der Waals surface area contributed by atoms with Crippen LogP contribution >= 0.6 is 11.3 Å². The van der Waals surface area contributed by atoms with Crippen molar-refractivity contribution < 1.29 is 17.9 Å². The molecule has 0 aromatic carbocycles. The van der Waals surface area contributed by atoms with Crippen molar-refractivity contribution in [2.45, 2.75) is 13.1 Å². The van der Waals surface area contributed by atoms with Gasteiger partial charge in [0.05, 0.1) is 5.39 Å². The summed E-state index contributed by atoms with van der Waals surface area (Å²) in [5.41, 5.74) is 0. The average Bonchev–Trinajstić information content (AvgIpc) is 2.64. The number of alkyl halides is 3. The van der Waals surface area contributed by atoms with Crippen LogP contribution in [0.3, 0.4) is 0 Å². The number of hydrogen-bond donors (Lipinski definition) is 1.